The molecule has 0 spiro atoms. The van der Waals surface area contributed by atoms with Gasteiger partial charge in [-0.05, 0) is 32.6 Å². The Hall–Kier alpha value is -0.610. The van der Waals surface area contributed by atoms with Crippen LogP contribution in [-0.4, -0.2) is 31.2 Å². The highest BCUT2D eigenvalue weighted by molar-refractivity contribution is 5.77. The fourth-order valence-electron chi connectivity index (χ4n) is 1.70. The maximum atomic E-state index is 11.1. The van der Waals surface area contributed by atoms with Crippen LogP contribution in [0.15, 0.2) is 0 Å². The van der Waals surface area contributed by atoms with E-state index in [-0.39, 0.29) is 18.6 Å². The third-order valence-corrected chi connectivity index (χ3v) is 2.54. The third kappa shape index (κ3) is 4.07. The number of hydrogen-bond donors (Lipinski definition) is 2. The van der Waals surface area contributed by atoms with Gasteiger partial charge in [-0.1, -0.05) is 0 Å². The molecular weight excluding hydrogens is 180 g/mol. The molecule has 1 saturated carbocycles. The Kier molecular flexibility index (Phi) is 4.90. The van der Waals surface area contributed by atoms with Crippen molar-refractivity contribution in [1.29, 1.82) is 0 Å². The van der Waals surface area contributed by atoms with E-state index in [1.165, 1.54) is 0 Å². The summed E-state index contributed by atoms with van der Waals surface area (Å²) in [7, 11) is 0. The first-order valence-electron chi connectivity index (χ1n) is 5.36. The highest BCUT2D eigenvalue weighted by Gasteiger charge is 2.19. The van der Waals surface area contributed by atoms with Gasteiger partial charge in [0.05, 0.1) is 6.10 Å². The van der Waals surface area contributed by atoms with Crippen molar-refractivity contribution in [1.82, 2.24) is 5.32 Å². The van der Waals surface area contributed by atoms with Crippen molar-refractivity contribution in [2.45, 2.75) is 44.8 Å². The molecule has 0 aliphatic heterocycles. The lowest BCUT2D eigenvalue weighted by Crippen LogP contribution is -2.33. The number of amides is 1. The molecule has 0 atom stereocenters. The molecule has 1 fully saturated rings. The largest absolute Gasteiger partial charge is 0.368 e. The molecule has 4 nitrogen and oxygen atoms in total. The maximum Gasteiger partial charge on any atom is 0.246 e. The molecule has 0 bridgehead atoms. The molecule has 1 rings (SSSR count). The van der Waals surface area contributed by atoms with Crippen LogP contribution in [0.2, 0.25) is 0 Å². The number of carbonyl (C=O) groups excluding carboxylic acids is 1. The van der Waals surface area contributed by atoms with Crippen molar-refractivity contribution in [2.75, 3.05) is 13.2 Å². The van der Waals surface area contributed by atoms with Crippen LogP contribution in [0, 0.1) is 0 Å². The van der Waals surface area contributed by atoms with Crippen LogP contribution in [0.1, 0.15) is 32.6 Å². The van der Waals surface area contributed by atoms with Crippen LogP contribution >= 0.6 is 0 Å². The first-order valence-corrected chi connectivity index (χ1v) is 5.36. The minimum Gasteiger partial charge on any atom is -0.368 e. The molecule has 0 aromatic rings. The summed E-state index contributed by atoms with van der Waals surface area (Å²) in [5.74, 6) is -0.0256. The van der Waals surface area contributed by atoms with Gasteiger partial charge in [0.2, 0.25) is 5.91 Å². The van der Waals surface area contributed by atoms with Crippen molar-refractivity contribution in [2.24, 2.45) is 5.73 Å². The standard InChI is InChI=1S/C10H20N2O2/c1-2-12-10(13)7-14-9-5-3-8(11)4-6-9/h8-9H,2-7,11H2,1H3,(H,12,13). The average Bonchev–Trinajstić information content (AvgIpc) is 2.17. The summed E-state index contributed by atoms with van der Waals surface area (Å²) in [6.07, 6.45) is 4.23. The van der Waals surface area contributed by atoms with Crippen LogP contribution in [0.25, 0.3) is 0 Å². The van der Waals surface area contributed by atoms with Crippen LogP contribution in [0.4, 0.5) is 0 Å². The van der Waals surface area contributed by atoms with Crippen LogP contribution in [0.3, 0.4) is 0 Å². The zero-order chi connectivity index (χ0) is 10.4. The quantitative estimate of drug-likeness (QED) is 0.691. The van der Waals surface area contributed by atoms with E-state index in [9.17, 15) is 4.79 Å². The second kappa shape index (κ2) is 5.98. The average molecular weight is 200 g/mol. The van der Waals surface area contributed by atoms with Gasteiger partial charge in [-0.25, -0.2) is 0 Å². The molecule has 4 heteroatoms. The van der Waals surface area contributed by atoms with E-state index >= 15 is 0 Å². The molecule has 0 aromatic carbocycles. The van der Waals surface area contributed by atoms with Crippen molar-refractivity contribution in [3.8, 4) is 0 Å². The van der Waals surface area contributed by atoms with Crippen LogP contribution in [-0.2, 0) is 9.53 Å². The number of ether oxygens (including phenoxy) is 1. The summed E-state index contributed by atoms with van der Waals surface area (Å²) in [5.41, 5.74) is 5.77. The predicted molar refractivity (Wildman–Crippen MR) is 54.9 cm³/mol. The van der Waals surface area contributed by atoms with E-state index in [1.807, 2.05) is 6.92 Å². The van der Waals surface area contributed by atoms with Crippen LogP contribution in [0.5, 0.6) is 0 Å². The van der Waals surface area contributed by atoms with Crippen molar-refractivity contribution in [3.05, 3.63) is 0 Å². The molecule has 0 unspecified atom stereocenters. The first-order chi connectivity index (χ1) is 6.72. The SMILES string of the molecule is CCNC(=O)COC1CCC(N)CC1. The third-order valence-electron chi connectivity index (χ3n) is 2.54. The zero-order valence-corrected chi connectivity index (χ0v) is 8.79. The molecule has 14 heavy (non-hydrogen) atoms. The van der Waals surface area contributed by atoms with E-state index in [0.717, 1.165) is 25.7 Å². The Morgan fingerprint density at radius 2 is 2.07 bits per heavy atom. The Morgan fingerprint density at radius 3 is 2.64 bits per heavy atom. The second-order valence-electron chi connectivity index (χ2n) is 3.80. The van der Waals surface area contributed by atoms with Gasteiger partial charge in [0.25, 0.3) is 0 Å². The summed E-state index contributed by atoms with van der Waals surface area (Å²) in [6, 6.07) is 0.333. The van der Waals surface area contributed by atoms with Crippen molar-refractivity contribution in [3.63, 3.8) is 0 Å². The summed E-state index contributed by atoms with van der Waals surface area (Å²) in [6.45, 7) is 2.75. The van der Waals surface area contributed by atoms with Gasteiger partial charge in [0, 0.05) is 12.6 Å². The minimum absolute atomic E-state index is 0.0256. The number of hydrogen-bond acceptors (Lipinski definition) is 3. The van der Waals surface area contributed by atoms with Crippen molar-refractivity contribution < 1.29 is 9.53 Å². The van der Waals surface area contributed by atoms with Gasteiger partial charge < -0.3 is 15.8 Å². The number of rotatable bonds is 4. The molecule has 1 aliphatic carbocycles. The monoisotopic (exact) mass is 200 g/mol. The zero-order valence-electron chi connectivity index (χ0n) is 8.79. The Morgan fingerprint density at radius 1 is 1.43 bits per heavy atom. The van der Waals surface area contributed by atoms with E-state index in [4.69, 9.17) is 10.5 Å². The Balaban J connectivity index is 2.09. The second-order valence-corrected chi connectivity index (χ2v) is 3.80. The Labute approximate surface area is 85.2 Å². The molecule has 1 aliphatic rings. The smallest absolute Gasteiger partial charge is 0.246 e. The Bertz CT molecular complexity index is 177. The summed E-state index contributed by atoms with van der Waals surface area (Å²) >= 11 is 0. The van der Waals surface area contributed by atoms with E-state index < -0.39 is 0 Å². The topological polar surface area (TPSA) is 64.3 Å². The molecule has 0 radical (unpaired) electrons. The fourth-order valence-corrected chi connectivity index (χ4v) is 1.70. The maximum absolute atomic E-state index is 11.1. The van der Waals surface area contributed by atoms with E-state index in [2.05, 4.69) is 5.32 Å². The molecule has 3 N–H and O–H groups in total. The number of carbonyl (C=O) groups is 1. The number of nitrogens with two attached hydrogens (primary N) is 1. The van der Waals surface area contributed by atoms with Gasteiger partial charge in [-0.15, -0.1) is 0 Å². The lowest BCUT2D eigenvalue weighted by molar-refractivity contribution is -0.128. The van der Waals surface area contributed by atoms with Gasteiger partial charge in [0.15, 0.2) is 0 Å². The minimum atomic E-state index is -0.0256. The van der Waals surface area contributed by atoms with Gasteiger partial charge in [-0.2, -0.15) is 0 Å². The van der Waals surface area contributed by atoms with Crippen LogP contribution < -0.4 is 11.1 Å². The first kappa shape index (κ1) is 11.5. The van der Waals surface area contributed by atoms with E-state index in [1.54, 1.807) is 0 Å². The lowest BCUT2D eigenvalue weighted by atomic mass is 9.94. The predicted octanol–water partition coefficient (Wildman–Crippen LogP) is 0.409. The molecule has 82 valence electrons. The van der Waals surface area contributed by atoms with Gasteiger partial charge in [-0.3, -0.25) is 4.79 Å². The van der Waals surface area contributed by atoms with Gasteiger partial charge >= 0.3 is 0 Å². The highest BCUT2D eigenvalue weighted by atomic mass is 16.5. The summed E-state index contributed by atoms with van der Waals surface area (Å²) in [4.78, 5) is 11.1. The number of nitrogens with one attached hydrogen (secondary N) is 1. The summed E-state index contributed by atoms with van der Waals surface area (Å²) in [5, 5.41) is 2.71. The van der Waals surface area contributed by atoms with E-state index in [0.29, 0.717) is 12.6 Å². The van der Waals surface area contributed by atoms with Crippen molar-refractivity contribution >= 4 is 5.91 Å². The molecule has 0 saturated heterocycles. The molecular formula is C10H20N2O2. The normalized spacial score (nSPS) is 27.3. The molecule has 0 heterocycles. The lowest BCUT2D eigenvalue weighted by Gasteiger charge is -2.25. The fraction of sp³-hybridized carbons (Fsp3) is 0.900. The van der Waals surface area contributed by atoms with Gasteiger partial charge in [0.1, 0.15) is 6.61 Å². The summed E-state index contributed by atoms with van der Waals surface area (Å²) < 4.78 is 5.48. The molecule has 1 amide bonds. The molecule has 0 aromatic heterocycles. The number of likely N-dealkylation sites (N-methyl/N-ethyl adjacent to an activating group) is 1. The highest BCUT2D eigenvalue weighted by Crippen LogP contribution is 2.19.